The molecule has 0 amide bonds. The molecule has 2 aromatic rings. The van der Waals surface area contributed by atoms with Gasteiger partial charge in [0.2, 0.25) is 0 Å². The van der Waals surface area contributed by atoms with E-state index < -0.39 is 0 Å². The van der Waals surface area contributed by atoms with Gasteiger partial charge in [-0.15, -0.1) is 0 Å². The highest BCUT2D eigenvalue weighted by Gasteiger charge is 2.26. The van der Waals surface area contributed by atoms with Crippen molar-refractivity contribution >= 4 is 10.9 Å². The van der Waals surface area contributed by atoms with Crippen LogP contribution in [0.15, 0.2) is 30.5 Å². The minimum atomic E-state index is 0.155. The van der Waals surface area contributed by atoms with Crippen LogP contribution in [0.2, 0.25) is 0 Å². The van der Waals surface area contributed by atoms with Crippen molar-refractivity contribution in [2.75, 3.05) is 13.1 Å². The number of nitrogens with one attached hydrogen (secondary N) is 2. The van der Waals surface area contributed by atoms with E-state index >= 15 is 0 Å². The van der Waals surface area contributed by atoms with Gasteiger partial charge in [0.05, 0.1) is 0 Å². The number of rotatable bonds is 2. The summed E-state index contributed by atoms with van der Waals surface area (Å²) in [4.78, 5) is 3.27. The van der Waals surface area contributed by atoms with E-state index in [9.17, 15) is 0 Å². The van der Waals surface area contributed by atoms with E-state index in [0.29, 0.717) is 5.92 Å². The predicted molar refractivity (Wildman–Crippen MR) is 61.6 cm³/mol. The van der Waals surface area contributed by atoms with E-state index in [0.717, 1.165) is 13.1 Å². The SMILES string of the molecule is NC(c1c[nH]c2ccccc12)C1CNC1. The maximum absolute atomic E-state index is 6.25. The molecule has 1 saturated heterocycles. The summed E-state index contributed by atoms with van der Waals surface area (Å²) in [5.41, 5.74) is 8.67. The number of benzene rings is 1. The average Bonchev–Trinajstić information content (AvgIpc) is 2.58. The molecule has 1 unspecified atom stereocenters. The van der Waals surface area contributed by atoms with Gasteiger partial charge in [-0.05, 0) is 11.6 Å². The molecule has 2 heterocycles. The van der Waals surface area contributed by atoms with Crippen LogP contribution in [0, 0.1) is 5.92 Å². The molecule has 3 heteroatoms. The Kier molecular flexibility index (Phi) is 2.01. The van der Waals surface area contributed by atoms with Gasteiger partial charge in [0.25, 0.3) is 0 Å². The fourth-order valence-electron chi connectivity index (χ4n) is 2.19. The minimum Gasteiger partial charge on any atom is -0.361 e. The zero-order valence-electron chi connectivity index (χ0n) is 8.53. The van der Waals surface area contributed by atoms with E-state index in [1.807, 2.05) is 12.3 Å². The van der Waals surface area contributed by atoms with Gasteiger partial charge in [-0.2, -0.15) is 0 Å². The number of hydrogen-bond donors (Lipinski definition) is 3. The number of nitrogens with two attached hydrogens (primary N) is 1. The van der Waals surface area contributed by atoms with Gasteiger partial charge >= 0.3 is 0 Å². The van der Waals surface area contributed by atoms with Crippen LogP contribution in [0.5, 0.6) is 0 Å². The van der Waals surface area contributed by atoms with E-state index in [4.69, 9.17) is 5.73 Å². The largest absolute Gasteiger partial charge is 0.361 e. The first kappa shape index (κ1) is 8.95. The summed E-state index contributed by atoms with van der Waals surface area (Å²) < 4.78 is 0. The molecule has 4 N–H and O–H groups in total. The molecule has 1 aromatic heterocycles. The molecule has 1 aliphatic heterocycles. The molecule has 1 fully saturated rings. The summed E-state index contributed by atoms with van der Waals surface area (Å²) in [5, 5.41) is 4.52. The van der Waals surface area contributed by atoms with Crippen LogP contribution in [-0.2, 0) is 0 Å². The Balaban J connectivity index is 2.02. The molecule has 15 heavy (non-hydrogen) atoms. The van der Waals surface area contributed by atoms with Crippen molar-refractivity contribution < 1.29 is 0 Å². The Morgan fingerprint density at radius 2 is 2.07 bits per heavy atom. The highest BCUT2D eigenvalue weighted by molar-refractivity contribution is 5.83. The van der Waals surface area contributed by atoms with Gasteiger partial charge in [0.15, 0.2) is 0 Å². The van der Waals surface area contributed by atoms with Crippen molar-refractivity contribution in [1.29, 1.82) is 0 Å². The Labute approximate surface area is 88.7 Å². The normalized spacial score (nSPS) is 19.0. The molecular formula is C12H15N3. The second kappa shape index (κ2) is 3.36. The van der Waals surface area contributed by atoms with Crippen LogP contribution in [-0.4, -0.2) is 18.1 Å². The van der Waals surface area contributed by atoms with Crippen LogP contribution in [0.1, 0.15) is 11.6 Å². The maximum Gasteiger partial charge on any atom is 0.0457 e. The van der Waals surface area contributed by atoms with Crippen molar-refractivity contribution in [3.05, 3.63) is 36.0 Å². The van der Waals surface area contributed by atoms with Crippen molar-refractivity contribution in [3.63, 3.8) is 0 Å². The van der Waals surface area contributed by atoms with Crippen LogP contribution >= 0.6 is 0 Å². The van der Waals surface area contributed by atoms with Gasteiger partial charge in [-0.1, -0.05) is 18.2 Å². The van der Waals surface area contributed by atoms with Crippen LogP contribution in [0.25, 0.3) is 10.9 Å². The lowest BCUT2D eigenvalue weighted by atomic mass is 9.89. The first-order chi connectivity index (χ1) is 7.36. The van der Waals surface area contributed by atoms with Gasteiger partial charge in [0, 0.05) is 42.1 Å². The summed E-state index contributed by atoms with van der Waals surface area (Å²) in [5.74, 6) is 0.587. The third-order valence-electron chi connectivity index (χ3n) is 3.30. The van der Waals surface area contributed by atoms with E-state index in [-0.39, 0.29) is 6.04 Å². The fraction of sp³-hybridized carbons (Fsp3) is 0.333. The zero-order chi connectivity index (χ0) is 10.3. The average molecular weight is 201 g/mol. The third kappa shape index (κ3) is 1.35. The quantitative estimate of drug-likeness (QED) is 0.687. The summed E-state index contributed by atoms with van der Waals surface area (Å²) in [6, 6.07) is 8.48. The second-order valence-electron chi connectivity index (χ2n) is 4.23. The monoisotopic (exact) mass is 201 g/mol. The van der Waals surface area contributed by atoms with Crippen molar-refractivity contribution in [2.45, 2.75) is 6.04 Å². The number of H-pyrrole nitrogens is 1. The van der Waals surface area contributed by atoms with Crippen LogP contribution in [0.4, 0.5) is 0 Å². The van der Waals surface area contributed by atoms with E-state index in [1.165, 1.54) is 16.5 Å². The minimum absolute atomic E-state index is 0.155. The smallest absolute Gasteiger partial charge is 0.0457 e. The van der Waals surface area contributed by atoms with Crippen molar-refractivity contribution in [3.8, 4) is 0 Å². The lowest BCUT2D eigenvalue weighted by Crippen LogP contribution is -2.47. The maximum atomic E-state index is 6.25. The highest BCUT2D eigenvalue weighted by Crippen LogP contribution is 2.28. The number of aromatic nitrogens is 1. The summed E-state index contributed by atoms with van der Waals surface area (Å²) in [6.45, 7) is 2.08. The molecule has 3 nitrogen and oxygen atoms in total. The molecule has 0 saturated carbocycles. The Morgan fingerprint density at radius 1 is 1.27 bits per heavy atom. The molecule has 3 rings (SSSR count). The second-order valence-corrected chi connectivity index (χ2v) is 4.23. The van der Waals surface area contributed by atoms with Crippen molar-refractivity contribution in [2.24, 2.45) is 11.7 Å². The standard InChI is InChI=1S/C12H15N3/c13-12(8-5-14-6-8)10-7-15-11-4-2-1-3-9(10)11/h1-4,7-8,12,14-15H,5-6,13H2. The van der Waals surface area contributed by atoms with Crippen molar-refractivity contribution in [1.82, 2.24) is 10.3 Å². The van der Waals surface area contributed by atoms with Crippen LogP contribution in [0.3, 0.4) is 0 Å². The topological polar surface area (TPSA) is 53.8 Å². The molecule has 0 bridgehead atoms. The van der Waals surface area contributed by atoms with Gasteiger partial charge < -0.3 is 16.0 Å². The number of para-hydroxylation sites is 1. The number of aromatic amines is 1. The Hall–Kier alpha value is -1.32. The number of hydrogen-bond acceptors (Lipinski definition) is 2. The third-order valence-corrected chi connectivity index (χ3v) is 3.30. The Morgan fingerprint density at radius 3 is 2.80 bits per heavy atom. The molecule has 1 atom stereocenters. The van der Waals surface area contributed by atoms with Gasteiger partial charge in [0.1, 0.15) is 0 Å². The van der Waals surface area contributed by atoms with Gasteiger partial charge in [-0.3, -0.25) is 0 Å². The fourth-order valence-corrected chi connectivity index (χ4v) is 2.19. The lowest BCUT2D eigenvalue weighted by Gasteiger charge is -2.32. The summed E-state index contributed by atoms with van der Waals surface area (Å²) >= 11 is 0. The molecule has 0 radical (unpaired) electrons. The number of fused-ring (bicyclic) bond motifs is 1. The lowest BCUT2D eigenvalue weighted by molar-refractivity contribution is 0.296. The summed E-state index contributed by atoms with van der Waals surface area (Å²) in [6.07, 6.45) is 2.05. The first-order valence-corrected chi connectivity index (χ1v) is 5.38. The molecule has 1 aromatic carbocycles. The predicted octanol–water partition coefficient (Wildman–Crippen LogP) is 1.39. The van der Waals surface area contributed by atoms with Crippen LogP contribution < -0.4 is 11.1 Å². The molecule has 0 aliphatic carbocycles. The highest BCUT2D eigenvalue weighted by atomic mass is 15.0. The Bertz CT molecular complexity index is 470. The first-order valence-electron chi connectivity index (χ1n) is 5.38. The molecule has 1 aliphatic rings. The molecular weight excluding hydrogens is 186 g/mol. The zero-order valence-corrected chi connectivity index (χ0v) is 8.53. The molecule has 0 spiro atoms. The van der Waals surface area contributed by atoms with Gasteiger partial charge in [-0.25, -0.2) is 0 Å². The summed E-state index contributed by atoms with van der Waals surface area (Å²) in [7, 11) is 0. The van der Waals surface area contributed by atoms with E-state index in [1.54, 1.807) is 0 Å². The van der Waals surface area contributed by atoms with E-state index in [2.05, 4.69) is 28.5 Å². The molecule has 78 valence electrons.